The lowest BCUT2D eigenvalue weighted by atomic mass is 9.90. The average Bonchev–Trinajstić information content (AvgIpc) is 2.70. The zero-order chi connectivity index (χ0) is 17.9. The van der Waals surface area contributed by atoms with E-state index < -0.39 is 0 Å². The van der Waals surface area contributed by atoms with Crippen LogP contribution in [0.4, 0.5) is 16.3 Å². The van der Waals surface area contributed by atoms with Crippen LogP contribution in [-0.2, 0) is 0 Å². The minimum absolute atomic E-state index is 0.106. The van der Waals surface area contributed by atoms with Gasteiger partial charge >= 0.3 is 6.03 Å². The first kappa shape index (κ1) is 17.2. The van der Waals surface area contributed by atoms with E-state index in [0.29, 0.717) is 11.7 Å². The maximum Gasteiger partial charge on any atom is 0.340 e. The fraction of sp³-hybridized carbons (Fsp3) is 0.400. The van der Waals surface area contributed by atoms with Crippen molar-refractivity contribution in [2.75, 3.05) is 22.9 Å². The van der Waals surface area contributed by atoms with Crippen molar-refractivity contribution in [2.24, 2.45) is 5.92 Å². The van der Waals surface area contributed by atoms with Gasteiger partial charge in [0.05, 0.1) is 17.2 Å². The number of hydrogen-bond acceptors (Lipinski definition) is 4. The molecule has 26 heavy (non-hydrogen) atoms. The Morgan fingerprint density at radius 1 is 1.19 bits per heavy atom. The molecule has 1 aliphatic carbocycles. The lowest BCUT2D eigenvalue weighted by Crippen LogP contribution is -2.41. The summed E-state index contributed by atoms with van der Waals surface area (Å²) in [5.74, 6) is 2.13. The van der Waals surface area contributed by atoms with E-state index >= 15 is 0 Å². The third kappa shape index (κ3) is 3.51. The van der Waals surface area contributed by atoms with E-state index in [4.69, 9.17) is 4.74 Å². The van der Waals surface area contributed by atoms with E-state index in [1.807, 2.05) is 36.4 Å². The van der Waals surface area contributed by atoms with Crippen molar-refractivity contribution >= 4 is 29.5 Å². The predicted octanol–water partition coefficient (Wildman–Crippen LogP) is 5.12. The summed E-state index contributed by atoms with van der Waals surface area (Å²) in [5, 5.41) is 0. The first-order chi connectivity index (χ1) is 12.7. The molecule has 0 bridgehead atoms. The van der Waals surface area contributed by atoms with E-state index in [2.05, 4.69) is 4.98 Å². The molecular formula is C20H23N3O2S. The van der Waals surface area contributed by atoms with Crippen molar-refractivity contribution in [1.29, 1.82) is 0 Å². The van der Waals surface area contributed by atoms with Crippen molar-refractivity contribution in [3.05, 3.63) is 42.6 Å². The van der Waals surface area contributed by atoms with E-state index in [1.54, 1.807) is 22.4 Å². The Hall–Kier alpha value is -2.21. The van der Waals surface area contributed by atoms with Crippen molar-refractivity contribution in [2.45, 2.75) is 37.0 Å². The van der Waals surface area contributed by atoms with E-state index in [0.717, 1.165) is 22.9 Å². The SMILES string of the molecule is CN1C(=O)N(c2ccccn2)Sc2ccc(OCC3CCCCC3)cc21. The minimum atomic E-state index is -0.106. The molecule has 2 aromatic rings. The molecule has 0 spiro atoms. The van der Waals surface area contributed by atoms with Crippen LogP contribution in [0.1, 0.15) is 32.1 Å². The van der Waals surface area contributed by atoms with Gasteiger partial charge in [-0.15, -0.1) is 0 Å². The topological polar surface area (TPSA) is 45.7 Å². The number of aromatic nitrogens is 1. The molecule has 136 valence electrons. The molecule has 4 rings (SSSR count). The van der Waals surface area contributed by atoms with Gasteiger partial charge in [0.25, 0.3) is 0 Å². The average molecular weight is 369 g/mol. The molecule has 0 atom stereocenters. The van der Waals surface area contributed by atoms with Gasteiger partial charge in [-0.1, -0.05) is 25.3 Å². The van der Waals surface area contributed by atoms with Gasteiger partial charge in [-0.05, 0) is 43.0 Å². The van der Waals surface area contributed by atoms with Crippen LogP contribution >= 0.6 is 11.9 Å². The van der Waals surface area contributed by atoms with Crippen LogP contribution in [0.5, 0.6) is 5.75 Å². The molecule has 1 fully saturated rings. The smallest absolute Gasteiger partial charge is 0.340 e. The van der Waals surface area contributed by atoms with Gasteiger partial charge < -0.3 is 4.74 Å². The molecule has 1 saturated carbocycles. The van der Waals surface area contributed by atoms with E-state index in [-0.39, 0.29) is 6.03 Å². The predicted molar refractivity (Wildman–Crippen MR) is 105 cm³/mol. The van der Waals surface area contributed by atoms with Crippen molar-refractivity contribution < 1.29 is 9.53 Å². The summed E-state index contributed by atoms with van der Waals surface area (Å²) in [4.78, 5) is 19.7. The highest BCUT2D eigenvalue weighted by Gasteiger charge is 2.31. The van der Waals surface area contributed by atoms with Crippen LogP contribution in [0.2, 0.25) is 0 Å². The molecule has 1 aromatic carbocycles. The number of amides is 2. The van der Waals surface area contributed by atoms with Gasteiger partial charge in [0, 0.05) is 31.3 Å². The largest absolute Gasteiger partial charge is 0.493 e. The zero-order valence-corrected chi connectivity index (χ0v) is 15.7. The highest BCUT2D eigenvalue weighted by Crippen LogP contribution is 2.41. The summed E-state index contributed by atoms with van der Waals surface area (Å²) in [6.07, 6.45) is 8.20. The Bertz CT molecular complexity index is 778. The Labute approximate surface area is 158 Å². The number of carbonyl (C=O) groups excluding carboxylic acids is 1. The Morgan fingerprint density at radius 2 is 2.04 bits per heavy atom. The monoisotopic (exact) mass is 369 g/mol. The third-order valence-corrected chi connectivity index (χ3v) is 6.08. The summed E-state index contributed by atoms with van der Waals surface area (Å²) in [6, 6.07) is 11.4. The lowest BCUT2D eigenvalue weighted by Gasteiger charge is -2.33. The van der Waals surface area contributed by atoms with Crippen LogP contribution in [-0.4, -0.2) is 24.7 Å². The van der Waals surface area contributed by atoms with E-state index in [9.17, 15) is 4.79 Å². The van der Waals surface area contributed by atoms with Crippen LogP contribution in [0.25, 0.3) is 0 Å². The zero-order valence-electron chi connectivity index (χ0n) is 14.9. The Balaban J connectivity index is 1.50. The quantitative estimate of drug-likeness (QED) is 0.701. The van der Waals surface area contributed by atoms with Crippen molar-refractivity contribution in [3.8, 4) is 5.75 Å². The van der Waals surface area contributed by atoms with Gasteiger partial charge in [-0.2, -0.15) is 0 Å². The van der Waals surface area contributed by atoms with Crippen LogP contribution in [0.15, 0.2) is 47.5 Å². The lowest BCUT2D eigenvalue weighted by molar-refractivity contribution is 0.209. The minimum Gasteiger partial charge on any atom is -0.493 e. The number of ether oxygens (including phenoxy) is 1. The Morgan fingerprint density at radius 3 is 2.81 bits per heavy atom. The summed E-state index contributed by atoms with van der Waals surface area (Å²) in [5.41, 5.74) is 0.883. The fourth-order valence-corrected chi connectivity index (χ4v) is 4.51. The molecule has 2 aliphatic rings. The molecule has 0 unspecified atom stereocenters. The molecule has 2 amide bonds. The normalized spacial score (nSPS) is 18.0. The molecule has 0 N–H and O–H groups in total. The number of pyridine rings is 1. The summed E-state index contributed by atoms with van der Waals surface area (Å²) in [7, 11) is 1.79. The number of benzene rings is 1. The molecule has 1 aromatic heterocycles. The summed E-state index contributed by atoms with van der Waals surface area (Å²) < 4.78 is 7.65. The van der Waals surface area contributed by atoms with Crippen molar-refractivity contribution in [3.63, 3.8) is 0 Å². The van der Waals surface area contributed by atoms with Gasteiger partial charge in [-0.3, -0.25) is 4.90 Å². The number of anilines is 2. The number of hydrogen-bond donors (Lipinski definition) is 0. The number of nitrogens with zero attached hydrogens (tertiary/aromatic N) is 3. The number of rotatable bonds is 4. The highest BCUT2D eigenvalue weighted by atomic mass is 32.2. The molecule has 5 nitrogen and oxygen atoms in total. The van der Waals surface area contributed by atoms with Crippen LogP contribution in [0, 0.1) is 5.92 Å². The molecule has 2 heterocycles. The first-order valence-electron chi connectivity index (χ1n) is 9.16. The van der Waals surface area contributed by atoms with Gasteiger partial charge in [0.1, 0.15) is 11.6 Å². The molecule has 0 saturated heterocycles. The first-order valence-corrected chi connectivity index (χ1v) is 9.93. The Kier molecular flexibility index (Phi) is 5.02. The number of fused-ring (bicyclic) bond motifs is 1. The second kappa shape index (κ2) is 7.58. The molecular weight excluding hydrogens is 346 g/mol. The third-order valence-electron chi connectivity index (χ3n) is 5.01. The number of urea groups is 1. The van der Waals surface area contributed by atoms with Crippen molar-refractivity contribution in [1.82, 2.24) is 4.98 Å². The van der Waals surface area contributed by atoms with Gasteiger partial charge in [-0.25, -0.2) is 14.1 Å². The van der Waals surface area contributed by atoms with Crippen LogP contribution in [0.3, 0.4) is 0 Å². The second-order valence-electron chi connectivity index (χ2n) is 6.86. The highest BCUT2D eigenvalue weighted by molar-refractivity contribution is 8.01. The second-order valence-corrected chi connectivity index (χ2v) is 7.85. The fourth-order valence-electron chi connectivity index (χ4n) is 3.49. The maximum atomic E-state index is 12.8. The molecule has 1 aliphatic heterocycles. The van der Waals surface area contributed by atoms with Gasteiger partial charge in [0.2, 0.25) is 0 Å². The van der Waals surface area contributed by atoms with Crippen LogP contribution < -0.4 is 13.9 Å². The maximum absolute atomic E-state index is 12.8. The van der Waals surface area contributed by atoms with Gasteiger partial charge in [0.15, 0.2) is 0 Å². The molecule has 6 heteroatoms. The number of carbonyl (C=O) groups is 1. The van der Waals surface area contributed by atoms with E-state index in [1.165, 1.54) is 44.1 Å². The summed E-state index contributed by atoms with van der Waals surface area (Å²) >= 11 is 1.40. The summed E-state index contributed by atoms with van der Waals surface area (Å²) in [6.45, 7) is 0.768. The molecule has 0 radical (unpaired) electrons. The standard InChI is InChI=1S/C20H23N3O2S/c1-22-17-13-16(25-14-15-7-3-2-4-8-15)10-11-18(17)26-23(20(22)24)19-9-5-6-12-21-19/h5-6,9-13,15H,2-4,7-8,14H2,1H3.